The summed E-state index contributed by atoms with van der Waals surface area (Å²) in [7, 11) is 0. The molecule has 2 aliphatic rings. The zero-order valence-electron chi connectivity index (χ0n) is 13.9. The van der Waals surface area contributed by atoms with Gasteiger partial charge in [-0.3, -0.25) is 4.90 Å². The molecule has 1 aromatic heterocycles. The summed E-state index contributed by atoms with van der Waals surface area (Å²) in [5.41, 5.74) is 2.78. The molecule has 130 valence electrons. The van der Waals surface area contributed by atoms with Crippen molar-refractivity contribution < 1.29 is 4.42 Å². The fourth-order valence-corrected chi connectivity index (χ4v) is 4.40. The highest BCUT2D eigenvalue weighted by Gasteiger charge is 2.23. The van der Waals surface area contributed by atoms with E-state index in [4.69, 9.17) is 4.42 Å². The Bertz CT molecular complexity index is 916. The van der Waals surface area contributed by atoms with E-state index in [9.17, 15) is 9.70 Å². The monoisotopic (exact) mass is 357 g/mol. The third-order valence-corrected chi connectivity index (χ3v) is 5.84. The lowest BCUT2D eigenvalue weighted by Gasteiger charge is -2.17. The van der Waals surface area contributed by atoms with E-state index in [-0.39, 0.29) is 11.0 Å². The van der Waals surface area contributed by atoms with Gasteiger partial charge < -0.3 is 9.73 Å². The van der Waals surface area contributed by atoms with Gasteiger partial charge >= 0.3 is 5.63 Å². The highest BCUT2D eigenvalue weighted by Crippen LogP contribution is 2.35. The first-order chi connectivity index (χ1) is 12.2. The maximum absolute atomic E-state index is 12.6. The molecule has 0 bridgehead atoms. The molecule has 1 N–H and O–H groups in total. The molecule has 3 heterocycles. The number of nitrogens with one attached hydrogen (secondary N) is 1. The molecule has 0 amide bonds. The summed E-state index contributed by atoms with van der Waals surface area (Å²) in [6, 6.07) is 5.37. The zero-order valence-corrected chi connectivity index (χ0v) is 14.8. The van der Waals surface area contributed by atoms with E-state index in [1.165, 1.54) is 0 Å². The molecule has 1 unspecified atom stereocenters. The molecule has 0 saturated carbocycles. The first-order valence-corrected chi connectivity index (χ1v) is 9.34. The lowest BCUT2D eigenvalue weighted by Crippen LogP contribution is -2.20. The molecule has 1 atom stereocenters. The second-order valence-corrected chi connectivity index (χ2v) is 7.49. The Morgan fingerprint density at radius 3 is 2.84 bits per heavy atom. The van der Waals surface area contributed by atoms with Crippen LogP contribution in [0, 0.1) is 4.91 Å². The van der Waals surface area contributed by atoms with Crippen LogP contribution in [0.3, 0.4) is 0 Å². The molecule has 4 rings (SSSR count). The van der Waals surface area contributed by atoms with E-state index in [1.54, 1.807) is 23.9 Å². The van der Waals surface area contributed by atoms with Crippen molar-refractivity contribution in [3.8, 4) is 0 Å². The third kappa shape index (κ3) is 3.09. The maximum atomic E-state index is 12.6. The molecular formula is C18H19N3O3S. The van der Waals surface area contributed by atoms with Gasteiger partial charge in [-0.05, 0) is 61.6 Å². The van der Waals surface area contributed by atoms with Crippen LogP contribution in [-0.4, -0.2) is 18.0 Å². The van der Waals surface area contributed by atoms with E-state index >= 15 is 0 Å². The highest BCUT2D eigenvalue weighted by atomic mass is 32.2. The van der Waals surface area contributed by atoms with Crippen LogP contribution < -0.4 is 10.9 Å². The summed E-state index contributed by atoms with van der Waals surface area (Å²) in [5.74, 6) is 0. The number of nitrogens with zero attached hydrogens (tertiary/aromatic N) is 2. The van der Waals surface area contributed by atoms with Crippen LogP contribution in [0.25, 0.3) is 11.0 Å². The number of fused-ring (bicyclic) bond motifs is 1. The van der Waals surface area contributed by atoms with Crippen LogP contribution in [0.4, 0.5) is 5.69 Å². The van der Waals surface area contributed by atoms with E-state index in [2.05, 4.69) is 15.4 Å². The third-order valence-electron chi connectivity index (χ3n) is 4.71. The summed E-state index contributed by atoms with van der Waals surface area (Å²) >= 11 is 1.55. The Balaban J connectivity index is 1.79. The number of likely N-dealkylation sites (tertiary alicyclic amines) is 1. The molecular weight excluding hydrogens is 338 g/mol. The molecule has 0 spiro atoms. The van der Waals surface area contributed by atoms with E-state index in [0.29, 0.717) is 28.9 Å². The zero-order chi connectivity index (χ0) is 17.4. The van der Waals surface area contributed by atoms with Crippen molar-refractivity contribution in [2.24, 2.45) is 5.18 Å². The smallest absolute Gasteiger partial charge is 0.342 e. The van der Waals surface area contributed by atoms with Gasteiger partial charge in [-0.25, -0.2) is 4.79 Å². The van der Waals surface area contributed by atoms with Gasteiger partial charge in [0, 0.05) is 23.2 Å². The van der Waals surface area contributed by atoms with Gasteiger partial charge in [-0.2, -0.15) is 0 Å². The van der Waals surface area contributed by atoms with Gasteiger partial charge in [0.15, 0.2) is 0 Å². The van der Waals surface area contributed by atoms with E-state index < -0.39 is 0 Å². The number of hydrogen-bond donors (Lipinski definition) is 1. The summed E-state index contributed by atoms with van der Waals surface area (Å²) in [5, 5.41) is 9.08. The Morgan fingerprint density at radius 2 is 2.16 bits per heavy atom. The highest BCUT2D eigenvalue weighted by molar-refractivity contribution is 8.02. The quantitative estimate of drug-likeness (QED) is 0.659. The number of thioether (sulfide) groups is 1. The Hall–Kier alpha value is -2.12. The Kier molecular flexibility index (Phi) is 4.35. The van der Waals surface area contributed by atoms with Crippen molar-refractivity contribution in [3.63, 3.8) is 0 Å². The molecule has 2 aromatic rings. The minimum absolute atomic E-state index is 0.133. The van der Waals surface area contributed by atoms with Crippen LogP contribution in [0.5, 0.6) is 0 Å². The van der Waals surface area contributed by atoms with Gasteiger partial charge in [0.25, 0.3) is 0 Å². The number of benzene rings is 1. The standard InChI is InChI=1S/C18H19N3O3S/c1-11-10-25-17(19-11)13-8-12-4-5-15(20-23)14(16(12)24-18(13)22)9-21-6-2-3-7-21/h4-5,8,10,17,19H,2-3,6-7,9H2,1H3. The second kappa shape index (κ2) is 6.65. The molecule has 1 fully saturated rings. The van der Waals surface area contributed by atoms with Crippen molar-refractivity contribution in [3.05, 3.63) is 55.8 Å². The molecule has 0 radical (unpaired) electrons. The van der Waals surface area contributed by atoms with Crippen LogP contribution in [0.15, 0.2) is 43.7 Å². The minimum Gasteiger partial charge on any atom is -0.422 e. The Morgan fingerprint density at radius 1 is 1.36 bits per heavy atom. The molecule has 6 nitrogen and oxygen atoms in total. The first kappa shape index (κ1) is 16.4. The average Bonchev–Trinajstić information content (AvgIpc) is 3.26. The number of nitroso groups, excluding NO2 is 1. The molecule has 1 saturated heterocycles. The van der Waals surface area contributed by atoms with Gasteiger partial charge in [0.05, 0.1) is 5.56 Å². The summed E-state index contributed by atoms with van der Waals surface area (Å²) in [6.45, 7) is 4.53. The summed E-state index contributed by atoms with van der Waals surface area (Å²) < 4.78 is 5.67. The number of allylic oxidation sites excluding steroid dienone is 1. The molecule has 1 aromatic carbocycles. The topological polar surface area (TPSA) is 74.9 Å². The average molecular weight is 357 g/mol. The lowest BCUT2D eigenvalue weighted by atomic mass is 10.1. The summed E-state index contributed by atoms with van der Waals surface area (Å²) in [4.78, 5) is 26.0. The fourth-order valence-electron chi connectivity index (χ4n) is 3.43. The minimum atomic E-state index is -0.369. The largest absolute Gasteiger partial charge is 0.422 e. The second-order valence-electron chi connectivity index (χ2n) is 6.51. The van der Waals surface area contributed by atoms with Crippen molar-refractivity contribution >= 4 is 28.4 Å². The van der Waals surface area contributed by atoms with Crippen LogP contribution >= 0.6 is 11.8 Å². The van der Waals surface area contributed by atoms with Crippen LogP contribution in [0.2, 0.25) is 0 Å². The predicted molar refractivity (Wildman–Crippen MR) is 99.7 cm³/mol. The van der Waals surface area contributed by atoms with E-state index in [1.807, 2.05) is 18.4 Å². The van der Waals surface area contributed by atoms with Crippen LogP contribution in [0.1, 0.15) is 36.3 Å². The number of hydrogen-bond acceptors (Lipinski definition) is 7. The van der Waals surface area contributed by atoms with Crippen molar-refractivity contribution in [1.29, 1.82) is 0 Å². The van der Waals surface area contributed by atoms with Crippen molar-refractivity contribution in [1.82, 2.24) is 10.2 Å². The normalized spacial score (nSPS) is 20.7. The van der Waals surface area contributed by atoms with Gasteiger partial charge in [-0.1, -0.05) is 0 Å². The maximum Gasteiger partial charge on any atom is 0.342 e. The van der Waals surface area contributed by atoms with E-state index in [0.717, 1.165) is 37.0 Å². The molecule has 7 heteroatoms. The summed E-state index contributed by atoms with van der Waals surface area (Å²) in [6.07, 6.45) is 2.30. The van der Waals surface area contributed by atoms with Gasteiger partial charge in [0.2, 0.25) is 0 Å². The van der Waals surface area contributed by atoms with Crippen molar-refractivity contribution in [2.45, 2.75) is 31.7 Å². The molecule has 25 heavy (non-hydrogen) atoms. The SMILES string of the molecule is CC1=CSC(c2cc3ccc(N=O)c(CN4CCCC4)c3oc2=O)N1. The first-order valence-electron chi connectivity index (χ1n) is 8.40. The fraction of sp³-hybridized carbons (Fsp3) is 0.389. The molecule has 2 aliphatic heterocycles. The Labute approximate surface area is 149 Å². The van der Waals surface area contributed by atoms with Crippen molar-refractivity contribution in [2.75, 3.05) is 13.1 Å². The van der Waals surface area contributed by atoms with Gasteiger partial charge in [0.1, 0.15) is 16.6 Å². The van der Waals surface area contributed by atoms with Gasteiger partial charge in [-0.15, -0.1) is 16.7 Å². The molecule has 0 aliphatic carbocycles. The number of rotatable bonds is 4. The predicted octanol–water partition coefficient (Wildman–Crippen LogP) is 3.98. The lowest BCUT2D eigenvalue weighted by molar-refractivity contribution is 0.331. The van der Waals surface area contributed by atoms with Crippen LogP contribution in [-0.2, 0) is 6.54 Å².